The summed E-state index contributed by atoms with van der Waals surface area (Å²) in [5, 5.41) is 4.51. The fourth-order valence-corrected chi connectivity index (χ4v) is 2.18. The Morgan fingerprint density at radius 2 is 1.94 bits per heavy atom. The molecule has 1 aromatic carbocycles. The Labute approximate surface area is 109 Å². The molecule has 2 aromatic rings. The maximum absolute atomic E-state index is 4.89. The van der Waals surface area contributed by atoms with E-state index in [9.17, 15) is 0 Å². The molecule has 2 rings (SSSR count). The summed E-state index contributed by atoms with van der Waals surface area (Å²) in [7, 11) is 1.97. The molecule has 96 valence electrons. The molecule has 0 aliphatic carbocycles. The summed E-state index contributed by atoms with van der Waals surface area (Å²) in [6.07, 6.45) is 1.01. The third-order valence-electron chi connectivity index (χ3n) is 3.34. The van der Waals surface area contributed by atoms with E-state index in [0.717, 1.165) is 17.6 Å². The van der Waals surface area contributed by atoms with Gasteiger partial charge in [0.05, 0.1) is 5.52 Å². The molecule has 0 amide bonds. The summed E-state index contributed by atoms with van der Waals surface area (Å²) in [4.78, 5) is 4.89. The SMILES string of the molecule is CCc1cccc2c(NC)cc(C(C)(C)C)nc12. The van der Waals surface area contributed by atoms with E-state index in [4.69, 9.17) is 4.98 Å². The fourth-order valence-electron chi connectivity index (χ4n) is 2.18. The van der Waals surface area contributed by atoms with Crippen LogP contribution in [-0.4, -0.2) is 12.0 Å². The van der Waals surface area contributed by atoms with Gasteiger partial charge in [0.1, 0.15) is 0 Å². The fraction of sp³-hybridized carbons (Fsp3) is 0.438. The predicted octanol–water partition coefficient (Wildman–Crippen LogP) is 4.14. The normalized spacial score (nSPS) is 11.8. The number of benzene rings is 1. The molecule has 1 N–H and O–H groups in total. The van der Waals surface area contributed by atoms with Gasteiger partial charge < -0.3 is 5.32 Å². The highest BCUT2D eigenvalue weighted by Gasteiger charge is 2.18. The smallest absolute Gasteiger partial charge is 0.0758 e. The third kappa shape index (κ3) is 2.20. The molecule has 0 radical (unpaired) electrons. The van der Waals surface area contributed by atoms with E-state index in [1.165, 1.54) is 16.6 Å². The summed E-state index contributed by atoms with van der Waals surface area (Å²) in [5.41, 5.74) is 4.83. The summed E-state index contributed by atoms with van der Waals surface area (Å²) in [6.45, 7) is 8.79. The van der Waals surface area contributed by atoms with Gasteiger partial charge in [-0.15, -0.1) is 0 Å². The first-order valence-corrected chi connectivity index (χ1v) is 6.58. The van der Waals surface area contributed by atoms with Crippen LogP contribution in [0.5, 0.6) is 0 Å². The minimum Gasteiger partial charge on any atom is -0.388 e. The standard InChI is InChI=1S/C16H22N2/c1-6-11-8-7-9-12-13(17-5)10-14(16(2,3)4)18-15(11)12/h7-10H,6H2,1-5H3,(H,17,18). The number of hydrogen-bond donors (Lipinski definition) is 1. The zero-order valence-electron chi connectivity index (χ0n) is 12.0. The average molecular weight is 242 g/mol. The molecule has 0 fully saturated rings. The quantitative estimate of drug-likeness (QED) is 0.856. The molecule has 0 saturated heterocycles. The number of aryl methyl sites for hydroxylation is 1. The van der Waals surface area contributed by atoms with E-state index < -0.39 is 0 Å². The lowest BCUT2D eigenvalue weighted by molar-refractivity contribution is 0.571. The van der Waals surface area contributed by atoms with Crippen LogP contribution in [0.2, 0.25) is 0 Å². The van der Waals surface area contributed by atoms with Crippen molar-refractivity contribution < 1.29 is 0 Å². The van der Waals surface area contributed by atoms with Crippen molar-refractivity contribution in [2.75, 3.05) is 12.4 Å². The lowest BCUT2D eigenvalue weighted by Gasteiger charge is -2.20. The minimum atomic E-state index is 0.0701. The van der Waals surface area contributed by atoms with Gasteiger partial charge in [0.15, 0.2) is 0 Å². The van der Waals surface area contributed by atoms with Crippen molar-refractivity contribution in [3.05, 3.63) is 35.5 Å². The Bertz CT molecular complexity index is 565. The van der Waals surface area contributed by atoms with Crippen LogP contribution in [0.3, 0.4) is 0 Å². The maximum Gasteiger partial charge on any atom is 0.0758 e. The van der Waals surface area contributed by atoms with E-state index in [0.29, 0.717) is 0 Å². The number of hydrogen-bond acceptors (Lipinski definition) is 2. The van der Waals surface area contributed by atoms with E-state index >= 15 is 0 Å². The largest absolute Gasteiger partial charge is 0.388 e. The Balaban J connectivity index is 2.80. The maximum atomic E-state index is 4.89. The van der Waals surface area contributed by atoms with Crippen molar-refractivity contribution >= 4 is 16.6 Å². The van der Waals surface area contributed by atoms with Crippen molar-refractivity contribution in [1.82, 2.24) is 4.98 Å². The Morgan fingerprint density at radius 1 is 1.22 bits per heavy atom. The molecule has 0 saturated carbocycles. The highest BCUT2D eigenvalue weighted by molar-refractivity contribution is 5.93. The molecule has 0 spiro atoms. The highest BCUT2D eigenvalue weighted by Crippen LogP contribution is 2.30. The molecule has 0 bridgehead atoms. The van der Waals surface area contributed by atoms with Crippen molar-refractivity contribution in [3.8, 4) is 0 Å². The number of nitrogens with one attached hydrogen (secondary N) is 1. The van der Waals surface area contributed by atoms with Gasteiger partial charge in [-0.2, -0.15) is 0 Å². The average Bonchev–Trinajstić information content (AvgIpc) is 2.35. The monoisotopic (exact) mass is 242 g/mol. The van der Waals surface area contributed by atoms with Gasteiger partial charge in [0, 0.05) is 29.2 Å². The van der Waals surface area contributed by atoms with Crippen LogP contribution < -0.4 is 5.32 Å². The first-order valence-electron chi connectivity index (χ1n) is 6.58. The number of rotatable bonds is 2. The molecule has 2 nitrogen and oxygen atoms in total. The first kappa shape index (κ1) is 12.9. The van der Waals surface area contributed by atoms with Crippen molar-refractivity contribution in [2.45, 2.75) is 39.5 Å². The van der Waals surface area contributed by atoms with Gasteiger partial charge in [-0.25, -0.2) is 0 Å². The van der Waals surface area contributed by atoms with Gasteiger partial charge in [-0.1, -0.05) is 45.9 Å². The van der Waals surface area contributed by atoms with Crippen LogP contribution in [0.15, 0.2) is 24.3 Å². The van der Waals surface area contributed by atoms with E-state index in [1.54, 1.807) is 0 Å². The van der Waals surface area contributed by atoms with Gasteiger partial charge in [0.25, 0.3) is 0 Å². The van der Waals surface area contributed by atoms with Crippen molar-refractivity contribution in [2.24, 2.45) is 0 Å². The number of aromatic nitrogens is 1. The van der Waals surface area contributed by atoms with Crippen LogP contribution in [-0.2, 0) is 11.8 Å². The lowest BCUT2D eigenvalue weighted by Crippen LogP contribution is -2.14. The van der Waals surface area contributed by atoms with Crippen molar-refractivity contribution in [1.29, 1.82) is 0 Å². The summed E-state index contributed by atoms with van der Waals surface area (Å²) in [5.74, 6) is 0. The van der Waals surface area contributed by atoms with E-state index in [1.807, 2.05) is 7.05 Å². The summed E-state index contributed by atoms with van der Waals surface area (Å²) >= 11 is 0. The van der Waals surface area contributed by atoms with E-state index in [-0.39, 0.29) is 5.41 Å². The molecule has 0 aliphatic heterocycles. The van der Waals surface area contributed by atoms with Gasteiger partial charge in [-0.3, -0.25) is 4.98 Å². The lowest BCUT2D eigenvalue weighted by atomic mass is 9.90. The Hall–Kier alpha value is -1.57. The van der Waals surface area contributed by atoms with Crippen LogP contribution in [0.1, 0.15) is 39.0 Å². The zero-order chi connectivity index (χ0) is 13.3. The first-order chi connectivity index (χ1) is 8.47. The zero-order valence-corrected chi connectivity index (χ0v) is 12.0. The summed E-state index contributed by atoms with van der Waals surface area (Å²) < 4.78 is 0. The molecule has 18 heavy (non-hydrogen) atoms. The van der Waals surface area contributed by atoms with Crippen molar-refractivity contribution in [3.63, 3.8) is 0 Å². The predicted molar refractivity (Wildman–Crippen MR) is 79.4 cm³/mol. The molecule has 1 aromatic heterocycles. The molecule has 2 heteroatoms. The molecular formula is C16H22N2. The number of fused-ring (bicyclic) bond motifs is 1. The second kappa shape index (κ2) is 4.60. The van der Waals surface area contributed by atoms with Gasteiger partial charge in [-0.05, 0) is 18.1 Å². The number of anilines is 1. The molecule has 0 aliphatic rings. The second-order valence-electron chi connectivity index (χ2n) is 5.72. The van der Waals surface area contributed by atoms with Gasteiger partial charge >= 0.3 is 0 Å². The number of pyridine rings is 1. The van der Waals surface area contributed by atoms with E-state index in [2.05, 4.69) is 57.3 Å². The molecule has 0 atom stereocenters. The Morgan fingerprint density at radius 3 is 2.50 bits per heavy atom. The van der Waals surface area contributed by atoms with Crippen LogP contribution >= 0.6 is 0 Å². The minimum absolute atomic E-state index is 0.0701. The summed E-state index contributed by atoms with van der Waals surface area (Å²) in [6, 6.07) is 8.59. The van der Waals surface area contributed by atoms with Crippen LogP contribution in [0.25, 0.3) is 10.9 Å². The van der Waals surface area contributed by atoms with Gasteiger partial charge in [0.2, 0.25) is 0 Å². The molecule has 1 heterocycles. The van der Waals surface area contributed by atoms with Crippen LogP contribution in [0, 0.1) is 0 Å². The third-order valence-corrected chi connectivity index (χ3v) is 3.34. The number of para-hydroxylation sites is 1. The molecule has 0 unspecified atom stereocenters. The van der Waals surface area contributed by atoms with Crippen LogP contribution in [0.4, 0.5) is 5.69 Å². The highest BCUT2D eigenvalue weighted by atomic mass is 14.8. The molecular weight excluding hydrogens is 220 g/mol. The topological polar surface area (TPSA) is 24.9 Å². The Kier molecular flexibility index (Phi) is 3.29. The second-order valence-corrected chi connectivity index (χ2v) is 5.72. The number of nitrogens with zero attached hydrogens (tertiary/aromatic N) is 1.